The Hall–Kier alpha value is -7.54. The molecule has 0 spiro atoms. The van der Waals surface area contributed by atoms with Crippen LogP contribution in [-0.4, -0.2) is 0 Å². The molecule has 0 nitrogen and oxygen atoms in total. The van der Waals surface area contributed by atoms with Crippen LogP contribution in [0.1, 0.15) is 25.0 Å². The molecule has 61 heavy (non-hydrogen) atoms. The molecule has 0 unspecified atom stereocenters. The van der Waals surface area contributed by atoms with Crippen molar-refractivity contribution in [2.24, 2.45) is 0 Å². The zero-order valence-corrected chi connectivity index (χ0v) is 34.3. The Morgan fingerprint density at radius 1 is 0.246 bits per heavy atom. The molecule has 0 amide bonds. The molecule has 0 heteroatoms. The zero-order valence-electron chi connectivity index (χ0n) is 34.3. The van der Waals surface area contributed by atoms with Gasteiger partial charge in [-0.25, -0.2) is 0 Å². The van der Waals surface area contributed by atoms with Crippen LogP contribution in [0.4, 0.5) is 0 Å². The molecule has 0 bridgehead atoms. The van der Waals surface area contributed by atoms with E-state index in [1.165, 1.54) is 121 Å². The minimum atomic E-state index is -0.143. The van der Waals surface area contributed by atoms with Crippen molar-refractivity contribution in [2.75, 3.05) is 0 Å². The van der Waals surface area contributed by atoms with Gasteiger partial charge in [0.05, 0.1) is 0 Å². The second kappa shape index (κ2) is 13.8. The lowest BCUT2D eigenvalue weighted by molar-refractivity contribution is 0.661. The normalized spacial score (nSPS) is 12.9. The van der Waals surface area contributed by atoms with Crippen LogP contribution in [0.2, 0.25) is 0 Å². The lowest BCUT2D eigenvalue weighted by atomic mass is 9.78. The maximum Gasteiger partial charge on any atom is 0.0159 e. The van der Waals surface area contributed by atoms with Gasteiger partial charge in [-0.1, -0.05) is 202 Å². The number of hydrogen-bond acceptors (Lipinski definition) is 0. The van der Waals surface area contributed by atoms with Crippen molar-refractivity contribution >= 4 is 43.1 Å². The van der Waals surface area contributed by atoms with Gasteiger partial charge < -0.3 is 0 Å². The smallest absolute Gasteiger partial charge is 0.0159 e. The van der Waals surface area contributed by atoms with E-state index in [0.29, 0.717) is 0 Å². The fourth-order valence-electron chi connectivity index (χ4n) is 10.5. The fourth-order valence-corrected chi connectivity index (χ4v) is 10.5. The van der Waals surface area contributed by atoms with Gasteiger partial charge >= 0.3 is 0 Å². The first-order chi connectivity index (χ1) is 30.0. The van der Waals surface area contributed by atoms with Crippen LogP contribution in [0.3, 0.4) is 0 Å². The van der Waals surface area contributed by atoms with Crippen LogP contribution in [0.5, 0.6) is 0 Å². The average Bonchev–Trinajstić information content (AvgIpc) is 3.56. The van der Waals surface area contributed by atoms with E-state index in [4.69, 9.17) is 0 Å². The molecule has 0 N–H and O–H groups in total. The molecule has 1 aliphatic rings. The van der Waals surface area contributed by atoms with Gasteiger partial charge in [0, 0.05) is 5.41 Å². The monoisotopic (exact) mass is 774 g/mol. The summed E-state index contributed by atoms with van der Waals surface area (Å²) >= 11 is 0. The second-order valence-corrected chi connectivity index (χ2v) is 17.2. The lowest BCUT2D eigenvalue weighted by Gasteiger charge is -2.24. The summed E-state index contributed by atoms with van der Waals surface area (Å²) in [6.07, 6.45) is 0. The molecule has 0 aromatic heterocycles. The largest absolute Gasteiger partial charge is 0.0622 e. The van der Waals surface area contributed by atoms with Gasteiger partial charge in [0.1, 0.15) is 0 Å². The van der Waals surface area contributed by atoms with Gasteiger partial charge in [-0.3, -0.25) is 0 Å². The molecule has 0 atom stereocenters. The summed E-state index contributed by atoms with van der Waals surface area (Å²) in [7, 11) is 0. The number of hydrogen-bond donors (Lipinski definition) is 0. The summed E-state index contributed by atoms with van der Waals surface area (Å²) in [6, 6.07) is 81.2. The molecule has 11 aromatic rings. The summed E-state index contributed by atoms with van der Waals surface area (Å²) in [4.78, 5) is 0. The van der Waals surface area contributed by atoms with Crippen molar-refractivity contribution in [3.05, 3.63) is 230 Å². The van der Waals surface area contributed by atoms with Gasteiger partial charge in [0.2, 0.25) is 0 Å². The maximum absolute atomic E-state index is 2.54. The van der Waals surface area contributed by atoms with Crippen LogP contribution in [-0.2, 0) is 5.41 Å². The molecule has 0 saturated heterocycles. The first-order valence-corrected chi connectivity index (χ1v) is 21.4. The van der Waals surface area contributed by atoms with Gasteiger partial charge in [-0.05, 0) is 151 Å². The first-order valence-electron chi connectivity index (χ1n) is 21.4. The highest BCUT2D eigenvalue weighted by atomic mass is 14.4. The first kappa shape index (κ1) is 35.4. The minimum absolute atomic E-state index is 0.143. The standard InChI is InChI=1S/C61H42/c1-61(2)56-29-17-16-28-51(56)60-47-25-13-12-24-46(47)55(38-57(60)61)59-49-27-15-14-26-48(49)58(41-22-10-5-11-23-41)50-33-32-43(36-54(50)59)42-30-31-44-35-52(39-18-6-3-7-19-39)53(37-45(44)34-42)40-20-8-4-9-21-40/h3-38H,1-2H3. The molecule has 12 rings (SSSR count). The summed E-state index contributed by atoms with van der Waals surface area (Å²) in [5.74, 6) is 0. The van der Waals surface area contributed by atoms with Crippen LogP contribution >= 0.6 is 0 Å². The van der Waals surface area contributed by atoms with Crippen molar-refractivity contribution in [2.45, 2.75) is 19.3 Å². The third-order valence-corrected chi connectivity index (χ3v) is 13.4. The van der Waals surface area contributed by atoms with Gasteiger partial charge in [0.15, 0.2) is 0 Å². The molecule has 0 radical (unpaired) electrons. The van der Waals surface area contributed by atoms with Crippen molar-refractivity contribution in [1.82, 2.24) is 0 Å². The predicted molar refractivity (Wildman–Crippen MR) is 261 cm³/mol. The Kier molecular flexibility index (Phi) is 7.99. The van der Waals surface area contributed by atoms with Crippen molar-refractivity contribution < 1.29 is 0 Å². The molecular weight excluding hydrogens is 733 g/mol. The highest BCUT2D eigenvalue weighted by Crippen LogP contribution is 2.55. The maximum atomic E-state index is 2.54. The van der Waals surface area contributed by atoms with Crippen molar-refractivity contribution in [3.63, 3.8) is 0 Å². The second-order valence-electron chi connectivity index (χ2n) is 17.2. The Labute approximate surface area is 357 Å². The van der Waals surface area contributed by atoms with Crippen LogP contribution in [0, 0.1) is 0 Å². The quantitative estimate of drug-likeness (QED) is 0.153. The Bertz CT molecular complexity index is 3520. The summed E-state index contributed by atoms with van der Waals surface area (Å²) < 4.78 is 0. The third-order valence-electron chi connectivity index (χ3n) is 13.4. The number of fused-ring (bicyclic) bond motifs is 8. The van der Waals surface area contributed by atoms with E-state index in [-0.39, 0.29) is 5.41 Å². The topological polar surface area (TPSA) is 0 Å². The lowest BCUT2D eigenvalue weighted by Crippen LogP contribution is -2.15. The Morgan fingerprint density at radius 3 is 1.41 bits per heavy atom. The molecule has 0 heterocycles. The van der Waals surface area contributed by atoms with Crippen LogP contribution < -0.4 is 0 Å². The summed E-state index contributed by atoms with van der Waals surface area (Å²) in [6.45, 7) is 4.80. The van der Waals surface area contributed by atoms with E-state index in [0.717, 1.165) is 0 Å². The minimum Gasteiger partial charge on any atom is -0.0622 e. The SMILES string of the molecule is CC1(C)c2ccccc2-c2c1cc(-c1c3ccccc3c(-c3ccccc3)c3ccc(-c4ccc5cc(-c6ccccc6)c(-c6ccccc6)cc5c4)cc13)c1ccccc21. The molecule has 286 valence electrons. The van der Waals surface area contributed by atoms with E-state index in [9.17, 15) is 0 Å². The van der Waals surface area contributed by atoms with E-state index in [2.05, 4.69) is 232 Å². The van der Waals surface area contributed by atoms with Crippen molar-refractivity contribution in [1.29, 1.82) is 0 Å². The van der Waals surface area contributed by atoms with E-state index in [1.807, 2.05) is 0 Å². The fraction of sp³-hybridized carbons (Fsp3) is 0.0492. The summed E-state index contributed by atoms with van der Waals surface area (Å²) in [5.41, 5.74) is 17.8. The molecule has 11 aromatic carbocycles. The zero-order chi connectivity index (χ0) is 40.7. The molecule has 0 saturated carbocycles. The highest BCUT2D eigenvalue weighted by molar-refractivity contribution is 6.25. The Morgan fingerprint density at radius 2 is 0.738 bits per heavy atom. The molecule has 0 fully saturated rings. The van der Waals surface area contributed by atoms with Crippen LogP contribution in [0.15, 0.2) is 218 Å². The average molecular weight is 775 g/mol. The van der Waals surface area contributed by atoms with Gasteiger partial charge in [-0.15, -0.1) is 0 Å². The third kappa shape index (κ3) is 5.53. The highest BCUT2D eigenvalue weighted by Gasteiger charge is 2.37. The summed E-state index contributed by atoms with van der Waals surface area (Å²) in [5, 5.41) is 10.1. The molecule has 1 aliphatic carbocycles. The Balaban J connectivity index is 1.15. The predicted octanol–water partition coefficient (Wildman–Crippen LogP) is 16.9. The number of benzene rings is 11. The molecular formula is C61H42. The van der Waals surface area contributed by atoms with Gasteiger partial charge in [0.25, 0.3) is 0 Å². The van der Waals surface area contributed by atoms with Crippen LogP contribution in [0.25, 0.3) is 110 Å². The van der Waals surface area contributed by atoms with E-state index >= 15 is 0 Å². The van der Waals surface area contributed by atoms with E-state index < -0.39 is 0 Å². The van der Waals surface area contributed by atoms with Crippen molar-refractivity contribution in [3.8, 4) is 66.8 Å². The molecule has 0 aliphatic heterocycles. The van der Waals surface area contributed by atoms with E-state index in [1.54, 1.807) is 0 Å². The number of rotatable bonds is 5. The van der Waals surface area contributed by atoms with Gasteiger partial charge in [-0.2, -0.15) is 0 Å².